The van der Waals surface area contributed by atoms with Gasteiger partial charge >= 0.3 is 0 Å². The maximum atomic E-state index is 13.3. The molecule has 3 aromatic rings. The van der Waals surface area contributed by atoms with E-state index in [0.29, 0.717) is 37.8 Å². The van der Waals surface area contributed by atoms with Crippen LogP contribution in [0.5, 0.6) is 0 Å². The van der Waals surface area contributed by atoms with E-state index in [4.69, 9.17) is 39.9 Å². The molecule has 0 amide bonds. The van der Waals surface area contributed by atoms with Crippen molar-refractivity contribution >= 4 is 56.2 Å². The first-order valence-corrected chi connectivity index (χ1v) is 13.7. The molecule has 9 heteroatoms. The van der Waals surface area contributed by atoms with E-state index in [1.165, 1.54) is 0 Å². The van der Waals surface area contributed by atoms with Crippen molar-refractivity contribution < 1.29 is 8.42 Å². The monoisotopic (exact) mass is 549 g/mol. The van der Waals surface area contributed by atoms with Crippen molar-refractivity contribution in [3.05, 3.63) is 91.4 Å². The molecule has 5 nitrogen and oxygen atoms in total. The quantitative estimate of drug-likeness (QED) is 0.354. The van der Waals surface area contributed by atoms with Gasteiger partial charge in [0, 0.05) is 16.5 Å². The summed E-state index contributed by atoms with van der Waals surface area (Å²) in [5, 5.41) is 8.21. The first kappa shape index (κ1) is 26.0. The highest BCUT2D eigenvalue weighted by atomic mass is 35.5. The zero-order chi connectivity index (χ0) is 25.5. The molecule has 1 heterocycles. The molecule has 3 aromatic carbocycles. The van der Waals surface area contributed by atoms with Crippen LogP contribution in [0.25, 0.3) is 0 Å². The number of benzene rings is 3. The second kappa shape index (κ2) is 10.1. The molecule has 1 unspecified atom stereocenters. The predicted octanol–water partition coefficient (Wildman–Crippen LogP) is 7.17. The molecule has 0 saturated heterocycles. The fourth-order valence-corrected chi connectivity index (χ4v) is 6.60. The van der Waals surface area contributed by atoms with Crippen LogP contribution in [0.1, 0.15) is 40.3 Å². The van der Waals surface area contributed by atoms with Crippen molar-refractivity contribution in [1.82, 2.24) is 4.72 Å². The summed E-state index contributed by atoms with van der Waals surface area (Å²) in [6.07, 6.45) is 0.522. The topological polar surface area (TPSA) is 61.8 Å². The summed E-state index contributed by atoms with van der Waals surface area (Å²) < 4.78 is 29.4. The van der Waals surface area contributed by atoms with Gasteiger partial charge in [0.05, 0.1) is 33.9 Å². The van der Waals surface area contributed by atoms with E-state index in [1.54, 1.807) is 12.1 Å². The smallest absolute Gasteiger partial charge is 0.241 e. The molecule has 1 aliphatic heterocycles. The molecular weight excluding hydrogens is 525 g/mol. The predicted molar refractivity (Wildman–Crippen MR) is 146 cm³/mol. The number of nitrogens with zero attached hydrogens (tertiary/aromatic N) is 2. The summed E-state index contributed by atoms with van der Waals surface area (Å²) in [6.45, 7) is 7.60. The summed E-state index contributed by atoms with van der Waals surface area (Å²) in [5.41, 5.74) is 5.76. The van der Waals surface area contributed by atoms with E-state index in [1.807, 2.05) is 69.1 Å². The van der Waals surface area contributed by atoms with Gasteiger partial charge < -0.3 is 0 Å². The third kappa shape index (κ3) is 5.37. The van der Waals surface area contributed by atoms with Crippen LogP contribution in [0.15, 0.2) is 58.5 Å². The van der Waals surface area contributed by atoms with Gasteiger partial charge in [-0.05, 0) is 85.8 Å². The summed E-state index contributed by atoms with van der Waals surface area (Å²) in [5.74, 6) is 0. The summed E-state index contributed by atoms with van der Waals surface area (Å²) in [4.78, 5) is 0.334. The highest BCUT2D eigenvalue weighted by molar-refractivity contribution is 7.89. The Hall–Kier alpha value is -2.09. The van der Waals surface area contributed by atoms with Gasteiger partial charge in [0.1, 0.15) is 0 Å². The van der Waals surface area contributed by atoms with E-state index < -0.39 is 10.0 Å². The second-order valence-electron chi connectivity index (χ2n) is 8.79. The van der Waals surface area contributed by atoms with Crippen LogP contribution >= 0.6 is 34.8 Å². The minimum Gasteiger partial charge on any atom is -0.256 e. The van der Waals surface area contributed by atoms with Crippen LogP contribution in [-0.2, 0) is 10.0 Å². The number of halogens is 3. The standard InChI is InChI=1S/C26H26Cl3N3O2S/c1-15-11-16(2)18(4)26(17(15)3)35(33,34)30-14-22-13-25(19-5-7-20(27)8-6-19)32(31-22)24-10-9-21(28)12-23(24)29/h5-12,25,30H,13-14H2,1-4H3. The highest BCUT2D eigenvalue weighted by Gasteiger charge is 2.31. The van der Waals surface area contributed by atoms with Crippen LogP contribution in [0, 0.1) is 27.7 Å². The van der Waals surface area contributed by atoms with E-state index in [0.717, 1.165) is 27.8 Å². The molecule has 0 radical (unpaired) electrons. The molecular formula is C26H26Cl3N3O2S. The fourth-order valence-electron chi connectivity index (χ4n) is 4.35. The van der Waals surface area contributed by atoms with Gasteiger partial charge in [-0.15, -0.1) is 0 Å². The zero-order valence-corrected chi connectivity index (χ0v) is 22.9. The van der Waals surface area contributed by atoms with Crippen molar-refractivity contribution in [1.29, 1.82) is 0 Å². The Kier molecular flexibility index (Phi) is 7.51. The zero-order valence-electron chi connectivity index (χ0n) is 19.9. The van der Waals surface area contributed by atoms with Gasteiger partial charge in [0.2, 0.25) is 10.0 Å². The van der Waals surface area contributed by atoms with Gasteiger partial charge in [-0.25, -0.2) is 13.1 Å². The Bertz CT molecular complexity index is 1390. The number of nitrogens with one attached hydrogen (secondary N) is 1. The lowest BCUT2D eigenvalue weighted by atomic mass is 10.0. The number of hydrazone groups is 1. The molecule has 1 N–H and O–H groups in total. The Morgan fingerprint density at radius 2 is 1.51 bits per heavy atom. The van der Waals surface area contributed by atoms with Crippen molar-refractivity contribution in [3.63, 3.8) is 0 Å². The maximum Gasteiger partial charge on any atom is 0.241 e. The molecule has 0 fully saturated rings. The Morgan fingerprint density at radius 1 is 0.914 bits per heavy atom. The van der Waals surface area contributed by atoms with Crippen molar-refractivity contribution in [2.45, 2.75) is 45.1 Å². The molecule has 0 aromatic heterocycles. The van der Waals surface area contributed by atoms with Crippen molar-refractivity contribution in [3.8, 4) is 0 Å². The average molecular weight is 551 g/mol. The number of hydrogen-bond acceptors (Lipinski definition) is 4. The minimum absolute atomic E-state index is 0.0833. The van der Waals surface area contributed by atoms with Crippen LogP contribution in [0.3, 0.4) is 0 Å². The normalized spacial score (nSPS) is 16.0. The lowest BCUT2D eigenvalue weighted by Crippen LogP contribution is -2.30. The molecule has 184 valence electrons. The third-order valence-electron chi connectivity index (χ3n) is 6.42. The minimum atomic E-state index is -3.75. The molecule has 0 bridgehead atoms. The van der Waals surface area contributed by atoms with Gasteiger partial charge in [-0.2, -0.15) is 5.10 Å². The fraction of sp³-hybridized carbons (Fsp3) is 0.269. The van der Waals surface area contributed by atoms with E-state index in [2.05, 4.69) is 4.72 Å². The molecule has 1 atom stereocenters. The largest absolute Gasteiger partial charge is 0.256 e. The molecule has 0 aliphatic carbocycles. The van der Waals surface area contributed by atoms with Crippen LogP contribution in [-0.4, -0.2) is 20.7 Å². The van der Waals surface area contributed by atoms with Gasteiger partial charge in [-0.3, -0.25) is 5.01 Å². The maximum absolute atomic E-state index is 13.3. The number of sulfonamides is 1. The van der Waals surface area contributed by atoms with Crippen LogP contribution < -0.4 is 9.73 Å². The third-order valence-corrected chi connectivity index (χ3v) is 8.88. The van der Waals surface area contributed by atoms with Crippen LogP contribution in [0.2, 0.25) is 15.1 Å². The Morgan fingerprint density at radius 3 is 2.11 bits per heavy atom. The summed E-state index contributed by atoms with van der Waals surface area (Å²) in [7, 11) is -3.75. The van der Waals surface area contributed by atoms with E-state index >= 15 is 0 Å². The van der Waals surface area contributed by atoms with Crippen molar-refractivity contribution in [2.75, 3.05) is 11.6 Å². The highest BCUT2D eigenvalue weighted by Crippen LogP contribution is 2.40. The SMILES string of the molecule is Cc1cc(C)c(C)c(S(=O)(=O)NCC2=NN(c3ccc(Cl)cc3Cl)C(c3ccc(Cl)cc3)C2)c1C. The molecule has 4 rings (SSSR count). The van der Waals surface area contributed by atoms with Gasteiger partial charge in [0.15, 0.2) is 0 Å². The number of rotatable bonds is 6. The molecule has 0 spiro atoms. The van der Waals surface area contributed by atoms with Gasteiger partial charge in [-0.1, -0.05) is 53.0 Å². The summed E-state index contributed by atoms with van der Waals surface area (Å²) >= 11 is 18.7. The number of hydrogen-bond donors (Lipinski definition) is 1. The molecule has 35 heavy (non-hydrogen) atoms. The first-order chi connectivity index (χ1) is 16.5. The summed E-state index contributed by atoms with van der Waals surface area (Å²) in [6, 6.07) is 14.6. The first-order valence-electron chi connectivity index (χ1n) is 11.1. The lowest BCUT2D eigenvalue weighted by Gasteiger charge is -2.25. The number of anilines is 1. The Labute approximate surface area is 221 Å². The average Bonchev–Trinajstić information content (AvgIpc) is 3.21. The second-order valence-corrected chi connectivity index (χ2v) is 11.8. The van der Waals surface area contributed by atoms with E-state index in [-0.39, 0.29) is 12.6 Å². The van der Waals surface area contributed by atoms with Crippen LogP contribution in [0.4, 0.5) is 5.69 Å². The van der Waals surface area contributed by atoms with Gasteiger partial charge in [0.25, 0.3) is 0 Å². The van der Waals surface area contributed by atoms with Crippen molar-refractivity contribution in [2.24, 2.45) is 5.10 Å². The number of aryl methyl sites for hydroxylation is 2. The lowest BCUT2D eigenvalue weighted by molar-refractivity contribution is 0.584. The molecule has 1 aliphatic rings. The Balaban J connectivity index is 1.65. The van der Waals surface area contributed by atoms with E-state index in [9.17, 15) is 8.42 Å². The molecule has 0 saturated carbocycles.